The van der Waals surface area contributed by atoms with Gasteiger partial charge in [0.2, 0.25) is 5.91 Å². The van der Waals surface area contributed by atoms with Crippen LogP contribution in [0, 0.1) is 0 Å². The third-order valence-electron chi connectivity index (χ3n) is 5.28. The summed E-state index contributed by atoms with van der Waals surface area (Å²) in [5.41, 5.74) is 0.936. The summed E-state index contributed by atoms with van der Waals surface area (Å²) in [6, 6.07) is 4.50. The number of imide groups is 1. The van der Waals surface area contributed by atoms with Crippen molar-refractivity contribution in [2.75, 3.05) is 33.9 Å². The highest BCUT2D eigenvalue weighted by Gasteiger charge is 2.37. The van der Waals surface area contributed by atoms with Gasteiger partial charge in [0.05, 0.1) is 14.2 Å². The van der Waals surface area contributed by atoms with Gasteiger partial charge in [-0.3, -0.25) is 14.5 Å². The van der Waals surface area contributed by atoms with E-state index in [1.807, 2.05) is 17.0 Å². The minimum absolute atomic E-state index is 0.0586. The van der Waals surface area contributed by atoms with Gasteiger partial charge in [-0.2, -0.15) is 0 Å². The Kier molecular flexibility index (Phi) is 6.38. The van der Waals surface area contributed by atoms with E-state index in [-0.39, 0.29) is 24.8 Å². The molecule has 1 atom stereocenters. The standard InChI is InChI=1S/C20H27N3O5/c1-27-16-7-5-14(13-17(16)28-2)9-12-23-19(25)15(21-20(23)26)6-8-18(24)22-10-3-4-11-22/h5,7,13,15H,3-4,6,8-12H2,1-2H3,(H,21,26). The molecule has 2 aliphatic rings. The van der Waals surface area contributed by atoms with Gasteiger partial charge in [-0.1, -0.05) is 6.07 Å². The SMILES string of the molecule is COc1ccc(CCN2C(=O)NC(CCC(=O)N3CCCC3)C2=O)cc1OC. The quantitative estimate of drug-likeness (QED) is 0.682. The highest BCUT2D eigenvalue weighted by molar-refractivity contribution is 6.04. The zero-order valence-corrected chi connectivity index (χ0v) is 16.4. The van der Waals surface area contributed by atoms with Crippen molar-refractivity contribution in [2.45, 2.75) is 38.1 Å². The normalized spacial score (nSPS) is 19.1. The molecule has 2 heterocycles. The molecule has 1 unspecified atom stereocenters. The molecule has 0 radical (unpaired) electrons. The number of methoxy groups -OCH3 is 2. The molecular weight excluding hydrogens is 362 g/mol. The number of likely N-dealkylation sites (tertiary alicyclic amines) is 1. The third kappa shape index (κ3) is 4.37. The Morgan fingerprint density at radius 2 is 1.86 bits per heavy atom. The van der Waals surface area contributed by atoms with Crippen LogP contribution < -0.4 is 14.8 Å². The number of rotatable bonds is 8. The average molecular weight is 389 g/mol. The molecule has 2 aliphatic heterocycles. The van der Waals surface area contributed by atoms with Crippen molar-refractivity contribution in [3.63, 3.8) is 0 Å². The predicted molar refractivity (Wildman–Crippen MR) is 102 cm³/mol. The van der Waals surface area contributed by atoms with Gasteiger partial charge in [0.1, 0.15) is 6.04 Å². The van der Waals surface area contributed by atoms with Crippen molar-refractivity contribution in [1.82, 2.24) is 15.1 Å². The number of ether oxygens (including phenoxy) is 2. The predicted octanol–water partition coefficient (Wildman–Crippen LogP) is 1.57. The van der Waals surface area contributed by atoms with E-state index in [2.05, 4.69) is 5.32 Å². The molecule has 0 spiro atoms. The Bertz CT molecular complexity index is 745. The number of nitrogens with one attached hydrogen (secondary N) is 1. The summed E-state index contributed by atoms with van der Waals surface area (Å²) in [7, 11) is 3.13. The number of hydrogen-bond donors (Lipinski definition) is 1. The summed E-state index contributed by atoms with van der Waals surface area (Å²) in [6.45, 7) is 1.86. The lowest BCUT2D eigenvalue weighted by atomic mass is 10.1. The van der Waals surface area contributed by atoms with Crippen LogP contribution in [0.2, 0.25) is 0 Å². The average Bonchev–Trinajstić information content (AvgIpc) is 3.33. The molecule has 0 saturated carbocycles. The van der Waals surface area contributed by atoms with E-state index < -0.39 is 12.1 Å². The summed E-state index contributed by atoms with van der Waals surface area (Å²) in [5.74, 6) is 1.03. The van der Waals surface area contributed by atoms with Crippen molar-refractivity contribution in [3.8, 4) is 11.5 Å². The zero-order chi connectivity index (χ0) is 20.1. The van der Waals surface area contributed by atoms with Gasteiger partial charge in [-0.05, 0) is 43.4 Å². The minimum atomic E-state index is -0.621. The fraction of sp³-hybridized carbons (Fsp3) is 0.550. The van der Waals surface area contributed by atoms with Crippen LogP contribution in [0.4, 0.5) is 4.79 Å². The molecule has 8 nitrogen and oxygen atoms in total. The fourth-order valence-electron chi connectivity index (χ4n) is 3.65. The second-order valence-electron chi connectivity index (χ2n) is 7.06. The summed E-state index contributed by atoms with van der Waals surface area (Å²) < 4.78 is 10.5. The van der Waals surface area contributed by atoms with Crippen LogP contribution in [-0.4, -0.2) is 67.5 Å². The van der Waals surface area contributed by atoms with Crippen LogP contribution in [0.25, 0.3) is 0 Å². The molecule has 4 amide bonds. The lowest BCUT2D eigenvalue weighted by Gasteiger charge is -2.16. The lowest BCUT2D eigenvalue weighted by Crippen LogP contribution is -2.34. The maximum atomic E-state index is 12.6. The van der Waals surface area contributed by atoms with Gasteiger partial charge in [-0.15, -0.1) is 0 Å². The van der Waals surface area contributed by atoms with Gasteiger partial charge in [0, 0.05) is 26.1 Å². The Morgan fingerprint density at radius 1 is 1.14 bits per heavy atom. The molecule has 1 aromatic rings. The first-order valence-electron chi connectivity index (χ1n) is 9.64. The van der Waals surface area contributed by atoms with Crippen molar-refractivity contribution in [3.05, 3.63) is 23.8 Å². The molecular formula is C20H27N3O5. The van der Waals surface area contributed by atoms with Gasteiger partial charge < -0.3 is 19.7 Å². The fourth-order valence-corrected chi connectivity index (χ4v) is 3.65. The Hall–Kier alpha value is -2.77. The molecule has 3 rings (SSSR count). The van der Waals surface area contributed by atoms with Crippen LogP contribution in [-0.2, 0) is 16.0 Å². The highest BCUT2D eigenvalue weighted by atomic mass is 16.5. The largest absolute Gasteiger partial charge is 0.493 e. The van der Waals surface area contributed by atoms with Crippen LogP contribution in [0.5, 0.6) is 11.5 Å². The van der Waals surface area contributed by atoms with E-state index in [0.717, 1.165) is 31.5 Å². The van der Waals surface area contributed by atoms with E-state index in [0.29, 0.717) is 24.3 Å². The van der Waals surface area contributed by atoms with E-state index >= 15 is 0 Å². The number of carbonyl (C=O) groups excluding carboxylic acids is 3. The number of nitrogens with zero attached hydrogens (tertiary/aromatic N) is 2. The number of hydrogen-bond acceptors (Lipinski definition) is 5. The van der Waals surface area contributed by atoms with E-state index in [4.69, 9.17) is 9.47 Å². The van der Waals surface area contributed by atoms with E-state index in [1.54, 1.807) is 20.3 Å². The number of benzene rings is 1. The van der Waals surface area contributed by atoms with Crippen molar-refractivity contribution >= 4 is 17.8 Å². The first-order valence-corrected chi connectivity index (χ1v) is 9.64. The van der Waals surface area contributed by atoms with Crippen LogP contribution in [0.3, 0.4) is 0 Å². The second kappa shape index (κ2) is 8.95. The molecule has 1 N–H and O–H groups in total. The summed E-state index contributed by atoms with van der Waals surface area (Å²) >= 11 is 0. The molecule has 152 valence electrons. The molecule has 8 heteroatoms. The molecule has 1 aromatic carbocycles. The van der Waals surface area contributed by atoms with Gasteiger partial charge in [0.25, 0.3) is 5.91 Å². The molecule has 0 aromatic heterocycles. The monoisotopic (exact) mass is 389 g/mol. The van der Waals surface area contributed by atoms with Crippen LogP contribution in [0.1, 0.15) is 31.2 Å². The van der Waals surface area contributed by atoms with Crippen LogP contribution in [0.15, 0.2) is 18.2 Å². The van der Waals surface area contributed by atoms with Crippen molar-refractivity contribution < 1.29 is 23.9 Å². The topological polar surface area (TPSA) is 88.2 Å². The highest BCUT2D eigenvalue weighted by Crippen LogP contribution is 2.28. The molecule has 2 fully saturated rings. The zero-order valence-electron chi connectivity index (χ0n) is 16.4. The first-order chi connectivity index (χ1) is 13.5. The van der Waals surface area contributed by atoms with Crippen molar-refractivity contribution in [1.29, 1.82) is 0 Å². The van der Waals surface area contributed by atoms with E-state index in [9.17, 15) is 14.4 Å². The molecule has 2 saturated heterocycles. The maximum Gasteiger partial charge on any atom is 0.324 e. The Morgan fingerprint density at radius 3 is 2.54 bits per heavy atom. The van der Waals surface area contributed by atoms with Gasteiger partial charge >= 0.3 is 6.03 Å². The molecule has 0 aliphatic carbocycles. The maximum absolute atomic E-state index is 12.6. The van der Waals surface area contributed by atoms with E-state index in [1.165, 1.54) is 4.90 Å². The summed E-state index contributed by atoms with van der Waals surface area (Å²) in [4.78, 5) is 40.0. The number of amides is 4. The minimum Gasteiger partial charge on any atom is -0.493 e. The second-order valence-corrected chi connectivity index (χ2v) is 7.06. The summed E-state index contributed by atoms with van der Waals surface area (Å²) in [6.07, 6.45) is 3.20. The van der Waals surface area contributed by atoms with Crippen LogP contribution >= 0.6 is 0 Å². The third-order valence-corrected chi connectivity index (χ3v) is 5.28. The van der Waals surface area contributed by atoms with Gasteiger partial charge in [0.15, 0.2) is 11.5 Å². The Balaban J connectivity index is 1.53. The van der Waals surface area contributed by atoms with Gasteiger partial charge in [-0.25, -0.2) is 4.79 Å². The first kappa shape index (κ1) is 20.0. The smallest absolute Gasteiger partial charge is 0.324 e. The lowest BCUT2D eigenvalue weighted by molar-refractivity contribution is -0.131. The molecule has 0 bridgehead atoms. The summed E-state index contributed by atoms with van der Waals surface area (Å²) in [5, 5.41) is 2.70. The number of urea groups is 1. The number of carbonyl (C=O) groups is 3. The van der Waals surface area contributed by atoms with Crippen molar-refractivity contribution in [2.24, 2.45) is 0 Å². The Labute approximate surface area is 164 Å². The molecule has 28 heavy (non-hydrogen) atoms.